The molecule has 9 aromatic rings. The maximum atomic E-state index is 13.6. The second-order valence-electron chi connectivity index (χ2n) is 26.3. The predicted octanol–water partition coefficient (Wildman–Crippen LogP) is 11.1. The van der Waals surface area contributed by atoms with Crippen molar-refractivity contribution in [3.63, 3.8) is 0 Å². The Bertz CT molecular complexity index is 4460. The minimum Gasteiger partial charge on any atom is -0.493 e. The summed E-state index contributed by atoms with van der Waals surface area (Å²) in [5.74, 6) is -1.30. The number of carbonyl (C=O) groups excluding carboxylic acids is 6. The van der Waals surface area contributed by atoms with Crippen LogP contribution in [0, 0.1) is 19.0 Å². The first-order valence-electron chi connectivity index (χ1n) is 37.1. The van der Waals surface area contributed by atoms with Crippen molar-refractivity contribution in [2.45, 2.75) is 155 Å². The molecule has 1 aliphatic carbocycles. The van der Waals surface area contributed by atoms with E-state index in [1.54, 1.807) is 95.3 Å². The van der Waals surface area contributed by atoms with E-state index in [1.807, 2.05) is 105 Å². The van der Waals surface area contributed by atoms with Crippen LogP contribution < -0.4 is 19.5 Å². The first kappa shape index (κ1) is 87.6. The maximum Gasteiger partial charge on any atom is 0.347 e. The number of halogens is 3. The zero-order valence-electron chi connectivity index (χ0n) is 64.4. The quantitative estimate of drug-likeness (QED) is 0.0330. The molecule has 3 aliphatic heterocycles. The Morgan fingerprint density at radius 1 is 0.491 bits per heavy atom. The molecule has 598 valence electrons. The number of β-amino-alcohol motifs (C(OH)–C–C–N with tert-alkyl or cyclic N) is 1. The van der Waals surface area contributed by atoms with Crippen molar-refractivity contribution in [1.29, 1.82) is 0 Å². The molecule has 0 radical (unpaired) electrons. The lowest BCUT2D eigenvalue weighted by Gasteiger charge is -2.38. The van der Waals surface area contributed by atoms with Crippen LogP contribution in [0.5, 0.6) is 17.5 Å². The number of aliphatic hydroxyl groups is 2. The molecule has 3 aromatic carbocycles. The third-order valence-corrected chi connectivity index (χ3v) is 20.8. The van der Waals surface area contributed by atoms with Gasteiger partial charge in [-0.2, -0.15) is 49.4 Å². The Hall–Kier alpha value is -9.98. The van der Waals surface area contributed by atoms with Crippen molar-refractivity contribution in [2.75, 3.05) is 61.2 Å². The van der Waals surface area contributed by atoms with E-state index in [2.05, 4.69) is 92.2 Å². The summed E-state index contributed by atoms with van der Waals surface area (Å²) in [4.78, 5) is 97.0. The van der Waals surface area contributed by atoms with Gasteiger partial charge < -0.3 is 58.7 Å². The van der Waals surface area contributed by atoms with E-state index in [0.717, 1.165) is 44.1 Å². The molecule has 112 heavy (non-hydrogen) atoms. The lowest BCUT2D eigenvalue weighted by molar-refractivity contribution is 0.0309. The summed E-state index contributed by atoms with van der Waals surface area (Å²) >= 11 is 3.90. The SMILES string of the molecule is CCC1CCCCC1NC.CCO.CCOc1ccnc(O[C@@H]2CC[C@@H](C)N(C(=O)c3ccccc3-n3nccn3)C2)c1C(=O)OC.COC(=O)c1c(I)ccnc1F.COC(=O)c1c(I)ccnc1O[C@@H]1CC[C@@H](C)N(C(=O)c2ccccc2-n2nccn2)C1.C[C@@H]1CC[C@@H](O)CN1C(=O)c1ccccc1-n1nccn1. The van der Waals surface area contributed by atoms with Crippen molar-refractivity contribution < 1.29 is 71.8 Å². The van der Waals surface area contributed by atoms with Gasteiger partial charge in [-0.3, -0.25) is 14.4 Å². The molecule has 6 aromatic heterocycles. The van der Waals surface area contributed by atoms with Gasteiger partial charge in [-0.25, -0.2) is 29.3 Å². The largest absolute Gasteiger partial charge is 0.493 e. The topological polar surface area (TPSA) is 351 Å². The van der Waals surface area contributed by atoms with Gasteiger partial charge in [-0.15, -0.1) is 0 Å². The van der Waals surface area contributed by atoms with E-state index >= 15 is 0 Å². The number of rotatable bonds is 17. The van der Waals surface area contributed by atoms with E-state index < -0.39 is 30.0 Å². The van der Waals surface area contributed by atoms with Crippen LogP contribution in [0.25, 0.3) is 17.1 Å². The summed E-state index contributed by atoms with van der Waals surface area (Å²) in [6.45, 7) is 13.6. The number of aromatic nitrogens is 12. The minimum atomic E-state index is -0.797. The molecule has 2 unspecified atom stereocenters. The molecule has 13 rings (SSSR count). The molecule has 3 amide bonds. The molecule has 0 spiro atoms. The first-order chi connectivity index (χ1) is 54.1. The number of hydrogen-bond donors (Lipinski definition) is 3. The van der Waals surface area contributed by atoms with Gasteiger partial charge in [0.05, 0.1) is 118 Å². The van der Waals surface area contributed by atoms with Gasteiger partial charge in [-0.1, -0.05) is 62.6 Å². The zero-order valence-corrected chi connectivity index (χ0v) is 68.7. The number of para-hydroxylation sites is 3. The highest BCUT2D eigenvalue weighted by Crippen LogP contribution is 2.33. The van der Waals surface area contributed by atoms with Gasteiger partial charge in [-0.05, 0) is 199 Å². The third kappa shape index (κ3) is 23.3. The summed E-state index contributed by atoms with van der Waals surface area (Å²) < 4.78 is 46.1. The monoisotopic (exact) mass is 1770 g/mol. The van der Waals surface area contributed by atoms with Gasteiger partial charge in [0.1, 0.15) is 29.1 Å². The van der Waals surface area contributed by atoms with E-state index in [4.69, 9.17) is 28.8 Å². The highest BCUT2D eigenvalue weighted by atomic mass is 127. The summed E-state index contributed by atoms with van der Waals surface area (Å²) in [5.41, 5.74) is 3.75. The molecule has 4 aliphatic rings. The smallest absolute Gasteiger partial charge is 0.347 e. The van der Waals surface area contributed by atoms with Gasteiger partial charge in [0.2, 0.25) is 17.7 Å². The average molecular weight is 1770 g/mol. The number of pyridine rings is 3. The fourth-order valence-corrected chi connectivity index (χ4v) is 14.4. The number of hydrogen-bond acceptors (Lipinski definition) is 24. The van der Waals surface area contributed by atoms with Crippen LogP contribution in [-0.2, 0) is 14.2 Å². The number of nitrogens with one attached hydrogen (secondary N) is 1. The van der Waals surface area contributed by atoms with Gasteiger partial charge in [0.15, 0.2) is 5.56 Å². The highest BCUT2D eigenvalue weighted by molar-refractivity contribution is 14.1. The number of carbonyl (C=O) groups is 6. The summed E-state index contributed by atoms with van der Waals surface area (Å²) in [6, 6.07) is 27.6. The fraction of sp³-hybridized carbons (Fsp3) is 0.430. The number of aliphatic hydroxyl groups excluding tert-OH is 2. The molecular weight excluding hydrogens is 1670 g/mol. The Balaban J connectivity index is 0.000000185. The summed E-state index contributed by atoms with van der Waals surface area (Å²) in [5, 5.41) is 45.7. The number of amides is 3. The fourth-order valence-electron chi connectivity index (χ4n) is 13.2. The van der Waals surface area contributed by atoms with Crippen LogP contribution in [0.15, 0.2) is 147 Å². The van der Waals surface area contributed by atoms with Gasteiger partial charge in [0, 0.05) is 63.0 Å². The van der Waals surface area contributed by atoms with E-state index in [0.29, 0.717) is 84.9 Å². The maximum absolute atomic E-state index is 13.6. The summed E-state index contributed by atoms with van der Waals surface area (Å²) in [6.07, 6.45) is 24.3. The van der Waals surface area contributed by atoms with Crippen molar-refractivity contribution in [3.05, 3.63) is 193 Å². The molecule has 9 heterocycles. The molecule has 0 bridgehead atoms. The Kier molecular flexibility index (Phi) is 34.7. The first-order valence-corrected chi connectivity index (χ1v) is 39.2. The van der Waals surface area contributed by atoms with Crippen molar-refractivity contribution in [1.82, 2.24) is 80.0 Å². The number of likely N-dealkylation sites (tertiary alicyclic amines) is 3. The highest BCUT2D eigenvalue weighted by Gasteiger charge is 2.37. The second-order valence-corrected chi connectivity index (χ2v) is 28.6. The molecule has 3 saturated heterocycles. The summed E-state index contributed by atoms with van der Waals surface area (Å²) in [7, 11) is 5.91. The van der Waals surface area contributed by atoms with E-state index in [-0.39, 0.29) is 77.5 Å². The third-order valence-electron chi connectivity index (χ3n) is 19.0. The van der Waals surface area contributed by atoms with Crippen LogP contribution >= 0.6 is 45.2 Å². The van der Waals surface area contributed by atoms with Crippen molar-refractivity contribution in [2.24, 2.45) is 5.92 Å². The van der Waals surface area contributed by atoms with Gasteiger partial charge in [0.25, 0.3) is 17.7 Å². The van der Waals surface area contributed by atoms with Gasteiger partial charge >= 0.3 is 17.9 Å². The van der Waals surface area contributed by atoms with Crippen LogP contribution in [0.2, 0.25) is 0 Å². The minimum absolute atomic E-state index is 0.00813. The van der Waals surface area contributed by atoms with Crippen LogP contribution in [0.1, 0.15) is 174 Å². The number of esters is 3. The number of nitrogens with zero attached hydrogens (tertiary/aromatic N) is 15. The van der Waals surface area contributed by atoms with Crippen molar-refractivity contribution >= 4 is 80.8 Å². The molecule has 4 fully saturated rings. The molecule has 30 nitrogen and oxygen atoms in total. The normalized spacial score (nSPS) is 19.0. The molecular formula is C79H97FI2N16O14. The van der Waals surface area contributed by atoms with Crippen LogP contribution in [-0.4, -0.2) is 224 Å². The van der Waals surface area contributed by atoms with Crippen LogP contribution in [0.4, 0.5) is 4.39 Å². The number of benzene rings is 3. The Morgan fingerprint density at radius 2 is 0.866 bits per heavy atom. The number of piperidine rings is 3. The zero-order chi connectivity index (χ0) is 80.8. The Morgan fingerprint density at radius 3 is 1.28 bits per heavy atom. The Labute approximate surface area is 677 Å². The van der Waals surface area contributed by atoms with Crippen LogP contribution in [0.3, 0.4) is 0 Å². The van der Waals surface area contributed by atoms with E-state index in [9.17, 15) is 38.3 Å². The molecule has 33 heteroatoms. The number of methoxy groups -OCH3 is 3. The lowest BCUT2D eigenvalue weighted by Crippen LogP contribution is -2.49. The molecule has 1 saturated carbocycles. The van der Waals surface area contributed by atoms with Crippen molar-refractivity contribution in [3.8, 4) is 34.6 Å². The van der Waals surface area contributed by atoms with E-state index in [1.165, 1.54) is 86.3 Å². The molecule has 8 atom stereocenters. The predicted molar refractivity (Wildman–Crippen MR) is 429 cm³/mol. The lowest BCUT2D eigenvalue weighted by atomic mass is 9.83. The number of ether oxygens (including phenoxy) is 6. The second kappa shape index (κ2) is 44.3. The average Bonchev–Trinajstić information content (AvgIpc) is 1.24. The molecule has 3 N–H and O–H groups in total. The standard InChI is InChI=1S/C24H27N5O5.C22H22IN5O4.C15H18N4O2.C9H19N.C7H5FINO2.C2H6O/c1-4-33-20-11-12-25-22(21(20)24(31)32-3)34-17-10-9-16(2)28(15-17)23(30)18-7-5-6-8-19(18)29-26-13-14-27-29;1-14-7-8-15(32-20-19(22(30)31-2)17(23)9-10-24-20)13-27(14)21(29)16-5-3-4-6-18(16)28-25-11-12-26-28;1-11-6-7-12(20)10-18(11)15(21)13-4-2-3-5-14(13)19-16-8-9-17-19;1-3-8-6-4-5-7-9(8)10-2;1-12-7(11)5-4(9)2-3-10-6(5)8;1-2-3/h5-8,11-14,16-17H,4,9-10,15H2,1-3H3;3-6,9-12,14-15H,7-8,13H2,1-2H3;2-5,8-9,11-12,20H,6-7,10H2,1H3;8-10H,3-7H2,1-2H3;2-3H,1H3;3H,2H2,1H3/t16-,17-;14-,15-;11-,12-;;;/m111.../s1.